The molecule has 0 fully saturated rings. The van der Waals surface area contributed by atoms with Gasteiger partial charge >= 0.3 is 5.91 Å². The van der Waals surface area contributed by atoms with E-state index in [1.165, 1.54) is 0 Å². The lowest BCUT2D eigenvalue weighted by molar-refractivity contribution is -0.120. The fraction of sp³-hybridized carbons (Fsp3) is 0.0526. The number of carbonyl (C=O) groups is 4. The van der Waals surface area contributed by atoms with Crippen LogP contribution < -0.4 is 11.1 Å². The van der Waals surface area contributed by atoms with Gasteiger partial charge in [-0.2, -0.15) is 5.11 Å². The number of nitrogens with zero attached hydrogens (tertiary/aromatic N) is 2. The maximum absolute atomic E-state index is 11.8. The van der Waals surface area contributed by atoms with Gasteiger partial charge in [-0.1, -0.05) is 48.5 Å². The second-order valence-electron chi connectivity index (χ2n) is 5.31. The van der Waals surface area contributed by atoms with Crippen LogP contribution in [0.5, 0.6) is 0 Å². The minimum absolute atomic E-state index is 0.140. The lowest BCUT2D eigenvalue weighted by atomic mass is 10.1. The predicted octanol–water partition coefficient (Wildman–Crippen LogP) is 2.25. The summed E-state index contributed by atoms with van der Waals surface area (Å²) in [5.41, 5.74) is 5.84. The van der Waals surface area contributed by atoms with Gasteiger partial charge in [0.2, 0.25) is 5.91 Å². The van der Waals surface area contributed by atoms with Crippen LogP contribution >= 0.6 is 0 Å². The summed E-state index contributed by atoms with van der Waals surface area (Å²) in [7, 11) is 0. The van der Waals surface area contributed by atoms with E-state index in [-0.39, 0.29) is 23.7 Å². The molecule has 27 heavy (non-hydrogen) atoms. The van der Waals surface area contributed by atoms with Gasteiger partial charge in [0.15, 0.2) is 5.78 Å². The number of azo groups is 1. The molecule has 0 radical (unpaired) electrons. The molecule has 0 spiro atoms. The van der Waals surface area contributed by atoms with Gasteiger partial charge in [0, 0.05) is 11.3 Å². The molecule has 0 aliphatic carbocycles. The molecular formula is C19H16N4O4. The van der Waals surface area contributed by atoms with E-state index in [1.54, 1.807) is 36.4 Å². The Kier molecular flexibility index (Phi) is 6.83. The molecule has 3 amide bonds. The molecule has 1 heterocycles. The zero-order chi connectivity index (χ0) is 19.6. The third-order valence-electron chi connectivity index (χ3n) is 3.31. The van der Waals surface area contributed by atoms with Gasteiger partial charge < -0.3 is 11.1 Å². The van der Waals surface area contributed by atoms with Gasteiger partial charge in [0.1, 0.15) is 5.57 Å². The number of anilines is 1. The monoisotopic (exact) mass is 364 g/mol. The summed E-state index contributed by atoms with van der Waals surface area (Å²) in [5, 5.41) is 8.89. The molecule has 0 unspecified atom stereocenters. The Bertz CT molecular complexity index is 906. The van der Waals surface area contributed by atoms with Crippen molar-refractivity contribution in [3.8, 4) is 0 Å². The number of primary amides is 1. The maximum Gasteiger partial charge on any atom is 0.302 e. The number of Topliss-reactive ketones (excluding diaryl/α,β-unsaturated/α-hetero) is 1. The zero-order valence-electron chi connectivity index (χ0n) is 14.2. The zero-order valence-corrected chi connectivity index (χ0v) is 14.2. The third-order valence-corrected chi connectivity index (χ3v) is 3.31. The number of para-hydroxylation sites is 1. The quantitative estimate of drug-likeness (QED) is 0.478. The van der Waals surface area contributed by atoms with Crippen molar-refractivity contribution in [1.82, 2.24) is 0 Å². The topological polar surface area (TPSA) is 131 Å². The highest BCUT2D eigenvalue weighted by atomic mass is 16.2. The SMILES string of the molecule is NC(=O)C1=CN=NC1=O.O=C(CC(=O)c1ccccc1)Nc1ccccc1. The molecule has 2 aromatic rings. The number of ketones is 1. The first-order chi connectivity index (χ1) is 13.0. The number of rotatable bonds is 5. The minimum atomic E-state index is -0.787. The minimum Gasteiger partial charge on any atom is -0.365 e. The third kappa shape index (κ3) is 6.13. The van der Waals surface area contributed by atoms with E-state index in [0.717, 1.165) is 6.20 Å². The largest absolute Gasteiger partial charge is 0.365 e. The number of amides is 3. The molecule has 0 bridgehead atoms. The fourth-order valence-electron chi connectivity index (χ4n) is 2.02. The van der Waals surface area contributed by atoms with Crippen molar-refractivity contribution in [2.45, 2.75) is 6.42 Å². The van der Waals surface area contributed by atoms with Crippen molar-refractivity contribution < 1.29 is 19.2 Å². The molecule has 8 nitrogen and oxygen atoms in total. The average molecular weight is 364 g/mol. The molecule has 0 saturated heterocycles. The highest BCUT2D eigenvalue weighted by Gasteiger charge is 2.17. The van der Waals surface area contributed by atoms with Crippen molar-refractivity contribution in [3.63, 3.8) is 0 Å². The number of nitrogens with one attached hydrogen (secondary N) is 1. The van der Waals surface area contributed by atoms with Gasteiger partial charge in [-0.05, 0) is 12.1 Å². The summed E-state index contributed by atoms with van der Waals surface area (Å²) >= 11 is 0. The molecule has 3 rings (SSSR count). The molecular weight excluding hydrogens is 348 g/mol. The van der Waals surface area contributed by atoms with Gasteiger partial charge in [0.05, 0.1) is 12.6 Å². The van der Waals surface area contributed by atoms with Crippen LogP contribution in [0.1, 0.15) is 16.8 Å². The van der Waals surface area contributed by atoms with Crippen molar-refractivity contribution in [2.24, 2.45) is 16.0 Å². The highest BCUT2D eigenvalue weighted by Crippen LogP contribution is 2.08. The lowest BCUT2D eigenvalue weighted by Crippen LogP contribution is -2.17. The molecule has 3 N–H and O–H groups in total. The summed E-state index contributed by atoms with van der Waals surface area (Å²) in [6, 6.07) is 17.9. The Morgan fingerprint density at radius 1 is 0.926 bits per heavy atom. The van der Waals surface area contributed by atoms with Crippen molar-refractivity contribution in [2.75, 3.05) is 5.32 Å². The van der Waals surface area contributed by atoms with Crippen LogP contribution in [0, 0.1) is 0 Å². The normalized spacial score (nSPS) is 11.9. The molecule has 0 aromatic heterocycles. The Balaban J connectivity index is 0.000000244. The van der Waals surface area contributed by atoms with Crippen LogP contribution in [-0.4, -0.2) is 23.5 Å². The highest BCUT2D eigenvalue weighted by molar-refractivity contribution is 6.18. The standard InChI is InChI=1S/C15H13NO2.C4H3N3O2/c17-14(12-7-3-1-4-8-12)11-15(18)16-13-9-5-2-6-10-13;5-3(8)2-1-6-7-4(2)9/h1-10H,11H2,(H,16,18);1H,(H2,5,8). The van der Waals surface area contributed by atoms with Crippen LogP contribution in [-0.2, 0) is 14.4 Å². The summed E-state index contributed by atoms with van der Waals surface area (Å²) in [6.45, 7) is 0. The van der Waals surface area contributed by atoms with E-state index in [0.29, 0.717) is 11.3 Å². The van der Waals surface area contributed by atoms with E-state index >= 15 is 0 Å². The molecule has 0 saturated carbocycles. The van der Waals surface area contributed by atoms with E-state index in [4.69, 9.17) is 5.73 Å². The van der Waals surface area contributed by atoms with Crippen molar-refractivity contribution >= 4 is 29.2 Å². The maximum atomic E-state index is 11.8. The average Bonchev–Trinajstić information content (AvgIpc) is 3.10. The van der Waals surface area contributed by atoms with Gasteiger partial charge in [-0.25, -0.2) is 0 Å². The van der Waals surface area contributed by atoms with Crippen LogP contribution in [0.4, 0.5) is 5.69 Å². The predicted molar refractivity (Wildman–Crippen MR) is 97.6 cm³/mol. The van der Waals surface area contributed by atoms with E-state index in [1.807, 2.05) is 24.3 Å². The fourth-order valence-corrected chi connectivity index (χ4v) is 2.02. The Morgan fingerprint density at radius 3 is 2.00 bits per heavy atom. The smallest absolute Gasteiger partial charge is 0.302 e. The molecule has 0 atom stereocenters. The first-order valence-electron chi connectivity index (χ1n) is 7.85. The first-order valence-corrected chi connectivity index (χ1v) is 7.85. The number of benzene rings is 2. The Hall–Kier alpha value is -3.94. The second kappa shape index (κ2) is 9.52. The van der Waals surface area contributed by atoms with Crippen LogP contribution in [0.3, 0.4) is 0 Å². The molecule has 8 heteroatoms. The van der Waals surface area contributed by atoms with E-state index in [2.05, 4.69) is 15.5 Å². The summed E-state index contributed by atoms with van der Waals surface area (Å²) in [5.74, 6) is -1.92. The van der Waals surface area contributed by atoms with Gasteiger partial charge in [-0.3, -0.25) is 19.2 Å². The number of carbonyl (C=O) groups excluding carboxylic acids is 4. The second-order valence-corrected chi connectivity index (χ2v) is 5.31. The van der Waals surface area contributed by atoms with Gasteiger partial charge in [-0.15, -0.1) is 5.11 Å². The van der Waals surface area contributed by atoms with Gasteiger partial charge in [0.25, 0.3) is 5.91 Å². The van der Waals surface area contributed by atoms with Crippen molar-refractivity contribution in [1.29, 1.82) is 0 Å². The molecule has 136 valence electrons. The van der Waals surface area contributed by atoms with E-state index in [9.17, 15) is 19.2 Å². The Morgan fingerprint density at radius 2 is 1.52 bits per heavy atom. The van der Waals surface area contributed by atoms with Crippen molar-refractivity contribution in [3.05, 3.63) is 78.0 Å². The lowest BCUT2D eigenvalue weighted by Gasteiger charge is -2.04. The molecule has 1 aliphatic heterocycles. The van der Waals surface area contributed by atoms with Crippen LogP contribution in [0.2, 0.25) is 0 Å². The number of hydrogen-bond acceptors (Lipinski definition) is 5. The van der Waals surface area contributed by atoms with E-state index < -0.39 is 11.8 Å². The van der Waals surface area contributed by atoms with Crippen LogP contribution in [0.25, 0.3) is 0 Å². The van der Waals surface area contributed by atoms with Crippen LogP contribution in [0.15, 0.2) is 82.7 Å². The number of hydrogen-bond donors (Lipinski definition) is 2. The summed E-state index contributed by atoms with van der Waals surface area (Å²) in [6.07, 6.45) is 0.906. The Labute approximate surface area is 154 Å². The summed E-state index contributed by atoms with van der Waals surface area (Å²) in [4.78, 5) is 44.1. The first kappa shape index (κ1) is 19.4. The summed E-state index contributed by atoms with van der Waals surface area (Å²) < 4.78 is 0. The molecule has 1 aliphatic rings. The molecule has 2 aromatic carbocycles. The number of nitrogens with two attached hydrogens (primary N) is 1.